The number of hydrogen-bond acceptors (Lipinski definition) is 7. The van der Waals surface area contributed by atoms with Crippen molar-refractivity contribution in [2.45, 2.75) is 62.7 Å². The molecule has 6 N–H and O–H groups in total. The van der Waals surface area contributed by atoms with Crippen LogP contribution in [0.4, 0.5) is 0 Å². The molecule has 1 aromatic rings. The monoisotopic (exact) mass is 464 g/mol. The zero-order valence-electron chi connectivity index (χ0n) is 18.0. The molecule has 180 valence electrons. The number of nitrogens with zero attached hydrogens (tertiary/aromatic N) is 3. The topological polar surface area (TPSA) is 199 Å². The lowest BCUT2D eigenvalue weighted by Crippen LogP contribution is -2.56. The summed E-state index contributed by atoms with van der Waals surface area (Å²) in [6, 6.07) is -4.14. The summed E-state index contributed by atoms with van der Waals surface area (Å²) >= 11 is 0. The minimum absolute atomic E-state index is 0.00805. The molecule has 1 aromatic heterocycles. The van der Waals surface area contributed by atoms with Gasteiger partial charge in [-0.3, -0.25) is 19.2 Å². The Balaban J connectivity index is 1.67. The third-order valence-corrected chi connectivity index (χ3v) is 5.96. The Morgan fingerprint density at radius 3 is 2.39 bits per heavy atom. The summed E-state index contributed by atoms with van der Waals surface area (Å²) in [5.41, 5.74) is 6.25. The average molecular weight is 464 g/mol. The molecule has 0 saturated carbocycles. The van der Waals surface area contributed by atoms with Crippen molar-refractivity contribution in [3.8, 4) is 0 Å². The lowest BCUT2D eigenvalue weighted by molar-refractivity contribution is -0.149. The van der Waals surface area contributed by atoms with E-state index in [0.29, 0.717) is 37.9 Å². The van der Waals surface area contributed by atoms with E-state index >= 15 is 0 Å². The number of carboxylic acids is 2. The molecule has 13 nitrogen and oxygen atoms in total. The predicted molar refractivity (Wildman–Crippen MR) is 112 cm³/mol. The number of amides is 3. The molecule has 2 saturated heterocycles. The summed E-state index contributed by atoms with van der Waals surface area (Å²) in [6.45, 7) is 0.577. The highest BCUT2D eigenvalue weighted by Crippen LogP contribution is 2.25. The molecule has 0 radical (unpaired) electrons. The van der Waals surface area contributed by atoms with Crippen LogP contribution in [0.3, 0.4) is 0 Å². The normalized spacial score (nSPS) is 22.1. The Hall–Kier alpha value is -3.48. The van der Waals surface area contributed by atoms with Gasteiger partial charge < -0.3 is 36.0 Å². The fourth-order valence-electron chi connectivity index (χ4n) is 4.35. The van der Waals surface area contributed by atoms with Crippen molar-refractivity contribution in [3.05, 3.63) is 18.2 Å². The van der Waals surface area contributed by atoms with Crippen molar-refractivity contribution < 1.29 is 34.2 Å². The molecule has 3 rings (SSSR count). The number of carbonyl (C=O) groups is 5. The van der Waals surface area contributed by atoms with E-state index in [0.717, 1.165) is 0 Å². The van der Waals surface area contributed by atoms with Gasteiger partial charge in [-0.25, -0.2) is 9.78 Å². The van der Waals surface area contributed by atoms with Gasteiger partial charge in [-0.2, -0.15) is 0 Å². The second-order valence-corrected chi connectivity index (χ2v) is 8.26. The van der Waals surface area contributed by atoms with E-state index in [4.69, 9.17) is 10.8 Å². The molecule has 0 aromatic carbocycles. The van der Waals surface area contributed by atoms with E-state index in [-0.39, 0.29) is 13.0 Å². The van der Waals surface area contributed by atoms with Crippen LogP contribution in [-0.2, 0) is 30.4 Å². The fraction of sp³-hybridized carbons (Fsp3) is 0.600. The predicted octanol–water partition coefficient (Wildman–Crippen LogP) is -1.69. The van der Waals surface area contributed by atoms with Crippen LogP contribution in [0.15, 0.2) is 12.5 Å². The smallest absolute Gasteiger partial charge is 0.326 e. The number of imidazole rings is 1. The highest BCUT2D eigenvalue weighted by atomic mass is 16.4. The van der Waals surface area contributed by atoms with Gasteiger partial charge in [0, 0.05) is 31.4 Å². The van der Waals surface area contributed by atoms with Crippen molar-refractivity contribution >= 4 is 29.7 Å². The maximum atomic E-state index is 13.3. The summed E-state index contributed by atoms with van der Waals surface area (Å²) in [6.07, 6.45) is 4.20. The van der Waals surface area contributed by atoms with Gasteiger partial charge in [0.1, 0.15) is 18.1 Å². The molecule has 0 spiro atoms. The summed E-state index contributed by atoms with van der Waals surface area (Å²) in [5, 5.41) is 20.9. The van der Waals surface area contributed by atoms with Gasteiger partial charge >= 0.3 is 11.9 Å². The van der Waals surface area contributed by atoms with E-state index in [1.165, 1.54) is 22.3 Å². The van der Waals surface area contributed by atoms with Gasteiger partial charge in [-0.15, -0.1) is 0 Å². The van der Waals surface area contributed by atoms with Crippen LogP contribution in [0.2, 0.25) is 0 Å². The van der Waals surface area contributed by atoms with Crippen LogP contribution >= 0.6 is 0 Å². The molecule has 3 amide bonds. The van der Waals surface area contributed by atoms with Crippen molar-refractivity contribution in [1.29, 1.82) is 0 Å². The van der Waals surface area contributed by atoms with Crippen LogP contribution in [0.25, 0.3) is 0 Å². The molecule has 2 aliphatic rings. The van der Waals surface area contributed by atoms with E-state index in [2.05, 4.69) is 15.3 Å². The fourth-order valence-corrected chi connectivity index (χ4v) is 4.35. The van der Waals surface area contributed by atoms with Gasteiger partial charge in [0.2, 0.25) is 17.7 Å². The molecular weight excluding hydrogens is 436 g/mol. The van der Waals surface area contributed by atoms with E-state index in [1.54, 1.807) is 0 Å². The number of carboxylic acid groups (broad SMARTS) is 2. The van der Waals surface area contributed by atoms with E-state index in [1.807, 2.05) is 0 Å². The first-order valence-corrected chi connectivity index (χ1v) is 10.8. The van der Waals surface area contributed by atoms with Gasteiger partial charge in [0.15, 0.2) is 0 Å². The number of hydrogen-bond donors (Lipinski definition) is 5. The molecule has 2 fully saturated rings. The number of aromatic nitrogens is 2. The van der Waals surface area contributed by atoms with E-state index < -0.39 is 60.2 Å². The number of rotatable bonds is 9. The Bertz CT molecular complexity index is 905. The Morgan fingerprint density at radius 1 is 1.12 bits per heavy atom. The minimum Gasteiger partial charge on any atom is -0.481 e. The standard InChI is InChI=1S/C20H28N6O7/c21-12(8-16(27)28)18(30)26-6-2-4-15(26)19(31)25-5-1-3-14(25)17(29)24-13(20(32)33)7-11-9-22-10-23-11/h9-10,12-15H,1-8,21H2,(H,22,23)(H,24,29)(H,27,28)(H,32,33). The van der Waals surface area contributed by atoms with Gasteiger partial charge in [-0.05, 0) is 25.7 Å². The number of aromatic amines is 1. The first kappa shape index (κ1) is 24.2. The number of nitrogens with one attached hydrogen (secondary N) is 2. The molecule has 0 aliphatic carbocycles. The average Bonchev–Trinajstić information content (AvgIpc) is 3.52. The van der Waals surface area contributed by atoms with Gasteiger partial charge in [-0.1, -0.05) is 0 Å². The second-order valence-electron chi connectivity index (χ2n) is 8.26. The number of nitrogens with two attached hydrogens (primary N) is 1. The molecule has 4 atom stereocenters. The Kier molecular flexibility index (Phi) is 7.63. The SMILES string of the molecule is NC(CC(=O)O)C(=O)N1CCCC1C(=O)N1CCCC1C(=O)NC(Cc1cnc[nH]1)C(=O)O. The highest BCUT2D eigenvalue weighted by Gasteiger charge is 2.43. The lowest BCUT2D eigenvalue weighted by atomic mass is 10.1. The summed E-state index contributed by atoms with van der Waals surface area (Å²) in [7, 11) is 0. The van der Waals surface area contributed by atoms with Crippen molar-refractivity contribution in [3.63, 3.8) is 0 Å². The van der Waals surface area contributed by atoms with Gasteiger partial charge in [0.05, 0.1) is 18.8 Å². The van der Waals surface area contributed by atoms with Crippen LogP contribution in [0.1, 0.15) is 37.8 Å². The third kappa shape index (κ3) is 5.66. The second kappa shape index (κ2) is 10.4. The molecule has 13 heteroatoms. The first-order valence-electron chi connectivity index (χ1n) is 10.8. The Morgan fingerprint density at radius 2 is 1.79 bits per heavy atom. The number of carbonyl (C=O) groups excluding carboxylic acids is 3. The minimum atomic E-state index is -1.26. The molecule has 3 heterocycles. The zero-order chi connectivity index (χ0) is 24.1. The van der Waals surface area contributed by atoms with Crippen molar-refractivity contribution in [2.24, 2.45) is 5.73 Å². The highest BCUT2D eigenvalue weighted by molar-refractivity contribution is 5.95. The quantitative estimate of drug-likeness (QED) is 0.283. The van der Waals surface area contributed by atoms with Crippen molar-refractivity contribution in [2.75, 3.05) is 13.1 Å². The zero-order valence-corrected chi connectivity index (χ0v) is 18.0. The summed E-state index contributed by atoms with van der Waals surface area (Å²) in [4.78, 5) is 70.6. The molecule has 33 heavy (non-hydrogen) atoms. The van der Waals surface area contributed by atoms with E-state index in [9.17, 15) is 29.1 Å². The molecule has 0 bridgehead atoms. The molecule has 4 unspecified atom stereocenters. The summed E-state index contributed by atoms with van der Waals surface area (Å²) < 4.78 is 0. The number of likely N-dealkylation sites (tertiary alicyclic amines) is 2. The largest absolute Gasteiger partial charge is 0.481 e. The van der Waals surface area contributed by atoms with Gasteiger partial charge in [0.25, 0.3) is 0 Å². The maximum absolute atomic E-state index is 13.3. The summed E-state index contributed by atoms with van der Waals surface area (Å²) in [5.74, 6) is -4.03. The number of H-pyrrole nitrogens is 1. The third-order valence-electron chi connectivity index (χ3n) is 5.96. The number of aliphatic carboxylic acids is 2. The first-order chi connectivity index (χ1) is 15.7. The van der Waals surface area contributed by atoms with Crippen LogP contribution in [0.5, 0.6) is 0 Å². The van der Waals surface area contributed by atoms with Crippen LogP contribution < -0.4 is 11.1 Å². The van der Waals surface area contributed by atoms with Crippen LogP contribution in [0, 0.1) is 0 Å². The van der Waals surface area contributed by atoms with Crippen LogP contribution in [-0.4, -0.2) is 96.9 Å². The molecule has 2 aliphatic heterocycles. The molecular formula is C20H28N6O7. The van der Waals surface area contributed by atoms with Crippen molar-refractivity contribution in [1.82, 2.24) is 25.1 Å². The Labute approximate surface area is 189 Å². The maximum Gasteiger partial charge on any atom is 0.326 e. The lowest BCUT2D eigenvalue weighted by Gasteiger charge is -2.32.